The Kier molecular flexibility index (Phi) is 6.07. The van der Waals surface area contributed by atoms with Crippen LogP contribution >= 0.6 is 34.8 Å². The van der Waals surface area contributed by atoms with Gasteiger partial charge in [-0.05, 0) is 12.1 Å². The number of anilines is 1. The zero-order chi connectivity index (χ0) is 16.2. The second kappa shape index (κ2) is 7.35. The summed E-state index contributed by atoms with van der Waals surface area (Å²) in [5, 5.41) is 21.9. The van der Waals surface area contributed by atoms with Crippen LogP contribution in [0.1, 0.15) is 6.42 Å². The molecule has 0 saturated heterocycles. The minimum atomic E-state index is -1.59. The second-order valence-electron chi connectivity index (χ2n) is 3.83. The van der Waals surface area contributed by atoms with Gasteiger partial charge in [0.1, 0.15) is 6.04 Å². The molecule has 0 aromatic heterocycles. The van der Waals surface area contributed by atoms with Crippen LogP contribution in [0.2, 0.25) is 15.1 Å². The number of rotatable bonds is 5. The van der Waals surface area contributed by atoms with Crippen molar-refractivity contribution in [3.63, 3.8) is 0 Å². The van der Waals surface area contributed by atoms with Gasteiger partial charge in [-0.15, -0.1) is 0 Å². The number of carboxylic acid groups (broad SMARTS) is 2. The first kappa shape index (κ1) is 17.4. The number of halogens is 3. The highest BCUT2D eigenvalue weighted by Crippen LogP contribution is 2.33. The Bertz CT molecular complexity index is 570. The number of urea groups is 1. The van der Waals surface area contributed by atoms with Crippen molar-refractivity contribution in [3.8, 4) is 0 Å². The molecule has 1 atom stereocenters. The van der Waals surface area contributed by atoms with E-state index in [1.807, 2.05) is 5.32 Å². The number of carboxylic acids is 2. The largest absolute Gasteiger partial charge is 0.481 e. The SMILES string of the molecule is O=C(O)C[C@@H](NC(=O)Nc1c(Cl)cc(Cl)cc1Cl)C(=O)O. The summed E-state index contributed by atoms with van der Waals surface area (Å²) in [5.41, 5.74) is 0.0275. The molecule has 0 saturated carbocycles. The highest BCUT2D eigenvalue weighted by Gasteiger charge is 2.23. The smallest absolute Gasteiger partial charge is 0.326 e. The Balaban J connectivity index is 2.82. The van der Waals surface area contributed by atoms with Gasteiger partial charge in [-0.25, -0.2) is 9.59 Å². The molecule has 0 fully saturated rings. The van der Waals surface area contributed by atoms with E-state index in [2.05, 4.69) is 5.32 Å². The lowest BCUT2D eigenvalue weighted by Crippen LogP contribution is -2.44. The van der Waals surface area contributed by atoms with Crippen LogP contribution in [0, 0.1) is 0 Å². The number of nitrogens with one attached hydrogen (secondary N) is 2. The molecule has 0 radical (unpaired) electrons. The molecule has 0 aliphatic carbocycles. The molecule has 10 heteroatoms. The van der Waals surface area contributed by atoms with Gasteiger partial charge in [0.2, 0.25) is 0 Å². The maximum absolute atomic E-state index is 11.7. The third kappa shape index (κ3) is 5.30. The summed E-state index contributed by atoms with van der Waals surface area (Å²) in [7, 11) is 0. The predicted octanol–water partition coefficient (Wildman–Crippen LogP) is 2.70. The number of carbonyl (C=O) groups is 3. The molecule has 0 aliphatic heterocycles. The standard InChI is InChI=1S/C11H9Cl3N2O5/c12-4-1-5(13)9(6(14)2-4)16-11(21)15-7(10(19)20)3-8(17)18/h1-2,7H,3H2,(H,17,18)(H,19,20)(H2,15,16,21)/t7-/m1/s1. The number of hydrogen-bond acceptors (Lipinski definition) is 3. The summed E-state index contributed by atoms with van der Waals surface area (Å²) >= 11 is 17.4. The Hall–Kier alpha value is -1.70. The average molecular weight is 356 g/mol. The number of hydrogen-bond donors (Lipinski definition) is 4. The molecule has 2 amide bonds. The van der Waals surface area contributed by atoms with Crippen LogP contribution in [0.5, 0.6) is 0 Å². The molecule has 0 unspecified atom stereocenters. The van der Waals surface area contributed by atoms with E-state index in [9.17, 15) is 14.4 Å². The first-order chi connectivity index (χ1) is 9.70. The summed E-state index contributed by atoms with van der Waals surface area (Å²) in [6, 6.07) is 0.106. The van der Waals surface area contributed by atoms with Gasteiger partial charge in [0.05, 0.1) is 22.2 Å². The van der Waals surface area contributed by atoms with Gasteiger partial charge in [-0.1, -0.05) is 34.8 Å². The van der Waals surface area contributed by atoms with Gasteiger partial charge in [-0.2, -0.15) is 0 Å². The third-order valence-electron chi connectivity index (χ3n) is 2.23. The van der Waals surface area contributed by atoms with Crippen molar-refractivity contribution in [1.29, 1.82) is 0 Å². The van der Waals surface area contributed by atoms with Gasteiger partial charge in [-0.3, -0.25) is 4.79 Å². The van der Waals surface area contributed by atoms with Crippen molar-refractivity contribution >= 4 is 58.5 Å². The fourth-order valence-electron chi connectivity index (χ4n) is 1.34. The van der Waals surface area contributed by atoms with Crippen molar-refractivity contribution in [1.82, 2.24) is 5.32 Å². The number of aliphatic carboxylic acids is 2. The highest BCUT2D eigenvalue weighted by molar-refractivity contribution is 6.42. The zero-order valence-electron chi connectivity index (χ0n) is 10.2. The molecular formula is C11H9Cl3N2O5. The van der Waals surface area contributed by atoms with Crippen molar-refractivity contribution in [2.75, 3.05) is 5.32 Å². The van der Waals surface area contributed by atoms with Gasteiger partial charge >= 0.3 is 18.0 Å². The van der Waals surface area contributed by atoms with Crippen LogP contribution in [-0.4, -0.2) is 34.2 Å². The molecule has 0 bridgehead atoms. The maximum Gasteiger partial charge on any atom is 0.326 e. The first-order valence-corrected chi connectivity index (χ1v) is 6.50. The Morgan fingerprint density at radius 1 is 1.10 bits per heavy atom. The summed E-state index contributed by atoms with van der Waals surface area (Å²) in [6.45, 7) is 0. The van der Waals surface area contributed by atoms with Gasteiger partial charge < -0.3 is 20.8 Å². The van der Waals surface area contributed by atoms with Gasteiger partial charge in [0.15, 0.2) is 0 Å². The molecule has 21 heavy (non-hydrogen) atoms. The summed E-state index contributed by atoms with van der Waals surface area (Å²) in [4.78, 5) is 33.0. The van der Waals surface area contributed by atoms with Gasteiger partial charge in [0, 0.05) is 5.02 Å². The average Bonchev–Trinajstić information content (AvgIpc) is 2.32. The molecule has 1 rings (SSSR count). The molecule has 7 nitrogen and oxygen atoms in total. The van der Waals surface area contributed by atoms with E-state index in [0.29, 0.717) is 0 Å². The summed E-state index contributed by atoms with van der Waals surface area (Å²) < 4.78 is 0. The predicted molar refractivity (Wildman–Crippen MR) is 77.3 cm³/mol. The van der Waals surface area contributed by atoms with E-state index in [4.69, 9.17) is 45.0 Å². The van der Waals surface area contributed by atoms with Crippen LogP contribution in [0.4, 0.5) is 10.5 Å². The van der Waals surface area contributed by atoms with E-state index in [1.54, 1.807) is 0 Å². The highest BCUT2D eigenvalue weighted by atomic mass is 35.5. The summed E-state index contributed by atoms with van der Waals surface area (Å²) in [6.07, 6.45) is -0.773. The van der Waals surface area contributed by atoms with Crippen molar-refractivity contribution in [2.45, 2.75) is 12.5 Å². The van der Waals surface area contributed by atoms with Crippen LogP contribution < -0.4 is 10.6 Å². The van der Waals surface area contributed by atoms with E-state index in [-0.39, 0.29) is 20.8 Å². The van der Waals surface area contributed by atoms with Crippen LogP contribution in [0.25, 0.3) is 0 Å². The number of benzene rings is 1. The lowest BCUT2D eigenvalue weighted by atomic mass is 10.2. The second-order valence-corrected chi connectivity index (χ2v) is 5.08. The monoisotopic (exact) mass is 354 g/mol. The third-order valence-corrected chi connectivity index (χ3v) is 3.04. The maximum atomic E-state index is 11.7. The van der Waals surface area contributed by atoms with Crippen LogP contribution in [-0.2, 0) is 9.59 Å². The number of amides is 2. The minimum absolute atomic E-state index is 0.0275. The molecule has 1 aromatic carbocycles. The Labute approximate surface area is 133 Å². The molecule has 0 spiro atoms. The number of carbonyl (C=O) groups excluding carboxylic acids is 1. The molecule has 0 heterocycles. The molecule has 1 aromatic rings. The Morgan fingerprint density at radius 3 is 2.05 bits per heavy atom. The molecule has 114 valence electrons. The van der Waals surface area contributed by atoms with Crippen LogP contribution in [0.3, 0.4) is 0 Å². The van der Waals surface area contributed by atoms with Crippen molar-refractivity contribution < 1.29 is 24.6 Å². The van der Waals surface area contributed by atoms with Crippen molar-refractivity contribution in [3.05, 3.63) is 27.2 Å². The fraction of sp³-hybridized carbons (Fsp3) is 0.182. The zero-order valence-corrected chi connectivity index (χ0v) is 12.5. The fourth-order valence-corrected chi connectivity index (χ4v) is 2.26. The molecule has 0 aliphatic rings. The van der Waals surface area contributed by atoms with E-state index in [1.165, 1.54) is 12.1 Å². The molecular weight excluding hydrogens is 346 g/mol. The summed E-state index contributed by atoms with van der Waals surface area (Å²) in [5.74, 6) is -2.86. The Morgan fingerprint density at radius 2 is 1.62 bits per heavy atom. The van der Waals surface area contributed by atoms with Gasteiger partial charge in [0.25, 0.3) is 0 Å². The first-order valence-electron chi connectivity index (χ1n) is 5.37. The van der Waals surface area contributed by atoms with E-state index in [0.717, 1.165) is 0 Å². The minimum Gasteiger partial charge on any atom is -0.481 e. The molecule has 4 N–H and O–H groups in total. The topological polar surface area (TPSA) is 116 Å². The lowest BCUT2D eigenvalue weighted by Gasteiger charge is -2.14. The quantitative estimate of drug-likeness (QED) is 0.648. The van der Waals surface area contributed by atoms with Crippen molar-refractivity contribution in [2.24, 2.45) is 0 Å². The lowest BCUT2D eigenvalue weighted by molar-refractivity contribution is -0.145. The normalized spacial score (nSPS) is 11.6. The van der Waals surface area contributed by atoms with E-state index < -0.39 is 30.4 Å². The van der Waals surface area contributed by atoms with Crippen LogP contribution in [0.15, 0.2) is 12.1 Å². The van der Waals surface area contributed by atoms with E-state index >= 15 is 0 Å².